The first-order valence-electron chi connectivity index (χ1n) is 6.98. The molecule has 0 saturated heterocycles. The number of rotatable bonds is 6. The van der Waals surface area contributed by atoms with Crippen molar-refractivity contribution in [3.63, 3.8) is 0 Å². The Morgan fingerprint density at radius 3 is 1.50 bits per heavy atom. The fraction of sp³-hybridized carbons (Fsp3) is 0.143. The van der Waals surface area contributed by atoms with Crippen molar-refractivity contribution in [3.05, 3.63) is 77.3 Å². The van der Waals surface area contributed by atoms with E-state index in [4.69, 9.17) is 9.47 Å². The van der Waals surface area contributed by atoms with Crippen LogP contribution in [-0.2, 0) is 32.3 Å². The van der Waals surface area contributed by atoms with Gasteiger partial charge in [0.15, 0.2) is 0 Å². The zero-order valence-corrected chi connectivity index (χ0v) is 13.0. The Morgan fingerprint density at radius 1 is 0.769 bits per heavy atom. The Balaban J connectivity index is 1.84. The molecule has 0 aliphatic carbocycles. The van der Waals surface area contributed by atoms with Crippen molar-refractivity contribution in [2.24, 2.45) is 0 Å². The van der Waals surface area contributed by atoms with Crippen LogP contribution in [0.2, 0.25) is 0 Å². The first-order valence-corrected chi connectivity index (χ1v) is 6.98. The Kier molecular flexibility index (Phi) is 5.82. The lowest BCUT2D eigenvalue weighted by atomic mass is 10.3. The van der Waals surface area contributed by atoms with E-state index in [1.165, 1.54) is 0 Å². The summed E-state index contributed by atoms with van der Waals surface area (Å²) < 4.78 is 9.45. The predicted octanol–water partition coefficient (Wildman–Crippen LogP) is -2.22. The van der Waals surface area contributed by atoms with Crippen LogP contribution in [0, 0.1) is 0 Å². The third kappa shape index (κ3) is 5.30. The molecule has 0 atom stereocenters. The molecule has 0 saturated carbocycles. The van der Waals surface area contributed by atoms with Crippen LogP contribution in [-0.4, -0.2) is 31.9 Å². The SMILES string of the molecule is O=C(/C=C/C(=O)OCc1c[nH]c(=O)[nH]c1=O)OCc1c[nH]c(=O)[nH]c1=O. The van der Waals surface area contributed by atoms with Crippen molar-refractivity contribution >= 4 is 11.9 Å². The normalized spacial score (nSPS) is 10.6. The molecule has 0 amide bonds. The van der Waals surface area contributed by atoms with Crippen molar-refractivity contribution in [1.29, 1.82) is 0 Å². The van der Waals surface area contributed by atoms with E-state index < -0.39 is 47.7 Å². The zero-order chi connectivity index (χ0) is 19.1. The van der Waals surface area contributed by atoms with Crippen molar-refractivity contribution in [1.82, 2.24) is 19.9 Å². The van der Waals surface area contributed by atoms with Gasteiger partial charge in [-0.05, 0) is 0 Å². The average molecular weight is 364 g/mol. The molecule has 0 fully saturated rings. The van der Waals surface area contributed by atoms with Gasteiger partial charge in [0.2, 0.25) is 0 Å². The molecule has 0 unspecified atom stereocenters. The largest absolute Gasteiger partial charge is 0.457 e. The van der Waals surface area contributed by atoms with E-state index in [0.29, 0.717) is 0 Å². The number of H-pyrrole nitrogens is 4. The summed E-state index contributed by atoms with van der Waals surface area (Å²) in [7, 11) is 0. The van der Waals surface area contributed by atoms with Gasteiger partial charge in [0.05, 0.1) is 11.1 Å². The van der Waals surface area contributed by atoms with E-state index in [9.17, 15) is 28.8 Å². The van der Waals surface area contributed by atoms with Gasteiger partial charge in [-0.15, -0.1) is 0 Å². The molecule has 0 aromatic carbocycles. The zero-order valence-electron chi connectivity index (χ0n) is 13.0. The van der Waals surface area contributed by atoms with Crippen LogP contribution in [0.5, 0.6) is 0 Å². The quantitative estimate of drug-likeness (QED) is 0.328. The number of ether oxygens (including phenoxy) is 2. The molecule has 0 aliphatic heterocycles. The fourth-order valence-electron chi connectivity index (χ4n) is 1.62. The summed E-state index contributed by atoms with van der Waals surface area (Å²) in [5.74, 6) is -1.87. The lowest BCUT2D eigenvalue weighted by molar-refractivity contribution is -0.141. The smallest absolute Gasteiger partial charge is 0.331 e. The minimum Gasteiger partial charge on any atom is -0.457 e. The summed E-state index contributed by atoms with van der Waals surface area (Å²) >= 11 is 0. The fourth-order valence-corrected chi connectivity index (χ4v) is 1.62. The second kappa shape index (κ2) is 8.23. The van der Waals surface area contributed by atoms with E-state index in [-0.39, 0.29) is 11.1 Å². The molecule has 4 N–H and O–H groups in total. The van der Waals surface area contributed by atoms with Gasteiger partial charge in [0.25, 0.3) is 11.1 Å². The number of hydrogen-bond donors (Lipinski definition) is 4. The molecular weight excluding hydrogens is 352 g/mol. The van der Waals surface area contributed by atoms with Crippen molar-refractivity contribution in [3.8, 4) is 0 Å². The molecule has 26 heavy (non-hydrogen) atoms. The maximum atomic E-state index is 11.5. The summed E-state index contributed by atoms with van der Waals surface area (Å²) in [6.07, 6.45) is 3.71. The number of hydrogen-bond acceptors (Lipinski definition) is 8. The molecular formula is C14H12N4O8. The van der Waals surface area contributed by atoms with Crippen LogP contribution in [0.1, 0.15) is 11.1 Å². The molecule has 0 aliphatic rings. The first-order chi connectivity index (χ1) is 12.3. The number of carbonyl (C=O) groups is 2. The highest BCUT2D eigenvalue weighted by atomic mass is 16.5. The summed E-state index contributed by atoms with van der Waals surface area (Å²) in [6.45, 7) is -0.839. The van der Waals surface area contributed by atoms with Crippen LogP contribution in [0.15, 0.2) is 43.7 Å². The van der Waals surface area contributed by atoms with E-state index >= 15 is 0 Å². The van der Waals surface area contributed by atoms with Gasteiger partial charge in [-0.25, -0.2) is 19.2 Å². The van der Waals surface area contributed by atoms with Gasteiger partial charge in [0.1, 0.15) is 13.2 Å². The van der Waals surface area contributed by atoms with Gasteiger partial charge in [-0.2, -0.15) is 0 Å². The Morgan fingerprint density at radius 2 is 1.15 bits per heavy atom. The van der Waals surface area contributed by atoms with Gasteiger partial charge in [0, 0.05) is 24.5 Å². The van der Waals surface area contributed by atoms with Crippen molar-refractivity contribution in [2.75, 3.05) is 0 Å². The summed E-state index contributed by atoms with van der Waals surface area (Å²) in [5.41, 5.74) is -2.81. The lowest BCUT2D eigenvalue weighted by Gasteiger charge is -2.01. The molecule has 2 rings (SSSR count). The second-order valence-electron chi connectivity index (χ2n) is 4.74. The molecule has 0 bridgehead atoms. The molecule has 2 heterocycles. The average Bonchev–Trinajstić information content (AvgIpc) is 2.58. The molecule has 2 aromatic rings. The van der Waals surface area contributed by atoms with E-state index in [1.54, 1.807) is 0 Å². The number of aromatic nitrogens is 4. The standard InChI is InChI=1S/C14H12N4O8/c19-9(25-5-7-3-15-13(23)17-11(7)21)1-2-10(20)26-6-8-4-16-14(24)18-12(8)22/h1-4H,5-6H2,(H2,15,17,21,23)(H2,16,18,22,24)/b2-1+. The number of aromatic amines is 4. The van der Waals surface area contributed by atoms with Crippen LogP contribution in [0.4, 0.5) is 0 Å². The Bertz CT molecular complexity index is 986. The molecule has 12 nitrogen and oxygen atoms in total. The van der Waals surface area contributed by atoms with Crippen molar-refractivity contribution < 1.29 is 19.1 Å². The molecule has 0 spiro atoms. The number of carbonyl (C=O) groups excluding carboxylic acids is 2. The van der Waals surface area contributed by atoms with Gasteiger partial charge in [-0.3, -0.25) is 19.6 Å². The molecule has 0 radical (unpaired) electrons. The third-order valence-electron chi connectivity index (χ3n) is 2.89. The Hall–Kier alpha value is -3.96. The van der Waals surface area contributed by atoms with E-state index in [1.807, 2.05) is 9.97 Å². The molecule has 2 aromatic heterocycles. The monoisotopic (exact) mass is 364 g/mol. The minimum absolute atomic E-state index is 0.00576. The minimum atomic E-state index is -0.936. The second-order valence-corrected chi connectivity index (χ2v) is 4.74. The van der Waals surface area contributed by atoms with E-state index in [2.05, 4.69) is 9.97 Å². The highest BCUT2D eigenvalue weighted by molar-refractivity contribution is 5.91. The van der Waals surface area contributed by atoms with Crippen LogP contribution in [0.3, 0.4) is 0 Å². The maximum absolute atomic E-state index is 11.5. The van der Waals surface area contributed by atoms with E-state index in [0.717, 1.165) is 24.5 Å². The third-order valence-corrected chi connectivity index (χ3v) is 2.89. The van der Waals surface area contributed by atoms with Gasteiger partial charge in [-0.1, -0.05) is 0 Å². The summed E-state index contributed by atoms with van der Waals surface area (Å²) in [5, 5.41) is 0. The van der Waals surface area contributed by atoms with Crippen LogP contribution in [0.25, 0.3) is 0 Å². The Labute approximate surface area is 142 Å². The number of nitrogens with one attached hydrogen (secondary N) is 4. The number of esters is 2. The summed E-state index contributed by atoms with van der Waals surface area (Å²) in [6, 6.07) is 0. The summed E-state index contributed by atoms with van der Waals surface area (Å²) in [4.78, 5) is 75.7. The topological polar surface area (TPSA) is 184 Å². The van der Waals surface area contributed by atoms with Crippen molar-refractivity contribution in [2.45, 2.75) is 13.2 Å². The maximum Gasteiger partial charge on any atom is 0.331 e. The first kappa shape index (κ1) is 18.4. The van der Waals surface area contributed by atoms with Gasteiger partial charge >= 0.3 is 23.3 Å². The molecule has 136 valence electrons. The van der Waals surface area contributed by atoms with Crippen LogP contribution < -0.4 is 22.5 Å². The van der Waals surface area contributed by atoms with Gasteiger partial charge < -0.3 is 19.4 Å². The lowest BCUT2D eigenvalue weighted by Crippen LogP contribution is -2.25. The highest BCUT2D eigenvalue weighted by Gasteiger charge is 2.06. The van der Waals surface area contributed by atoms with Crippen LogP contribution >= 0.6 is 0 Å². The highest BCUT2D eigenvalue weighted by Crippen LogP contribution is 1.94. The molecule has 12 heteroatoms. The predicted molar refractivity (Wildman–Crippen MR) is 84.1 cm³/mol.